The van der Waals surface area contributed by atoms with Crippen LogP contribution in [0.2, 0.25) is 0 Å². The number of rotatable bonds is 3. The second-order valence-corrected chi connectivity index (χ2v) is 5.69. The van der Waals surface area contributed by atoms with Gasteiger partial charge in [-0.15, -0.1) is 0 Å². The van der Waals surface area contributed by atoms with Crippen LogP contribution in [0.15, 0.2) is 24.3 Å². The molecular weight excluding hydrogens is 228 g/mol. The van der Waals surface area contributed by atoms with Crippen molar-refractivity contribution in [3.05, 3.63) is 30.1 Å². The molecule has 0 fully saturated rings. The number of nitrogens with one attached hydrogen (secondary N) is 1. The number of carbonyl (C=O) groups is 1. The van der Waals surface area contributed by atoms with Crippen molar-refractivity contribution in [3.8, 4) is 0 Å². The van der Waals surface area contributed by atoms with Gasteiger partial charge in [-0.1, -0.05) is 12.1 Å². The highest BCUT2D eigenvalue weighted by atomic mass is 32.2. The van der Waals surface area contributed by atoms with E-state index < -0.39 is 15.1 Å². The van der Waals surface area contributed by atoms with Gasteiger partial charge in [0.2, 0.25) is 0 Å². The third-order valence-electron chi connectivity index (χ3n) is 2.26. The second kappa shape index (κ2) is 3.71. The number of benzene rings is 1. The molecule has 0 aliphatic heterocycles. The molecule has 1 unspecified atom stereocenters. The molecule has 0 radical (unpaired) electrons. The lowest BCUT2D eigenvalue weighted by molar-refractivity contribution is -0.107. The maximum absolute atomic E-state index is 11.3. The molecule has 1 N–H and O–H groups in total. The number of H-pyrrole nitrogens is 1. The van der Waals surface area contributed by atoms with Gasteiger partial charge < -0.3 is 9.78 Å². The van der Waals surface area contributed by atoms with E-state index in [0.717, 1.165) is 6.26 Å². The molecule has 0 amide bonds. The van der Waals surface area contributed by atoms with E-state index in [1.165, 1.54) is 0 Å². The highest BCUT2D eigenvalue weighted by molar-refractivity contribution is 7.91. The van der Waals surface area contributed by atoms with E-state index in [1.54, 1.807) is 24.3 Å². The fraction of sp³-hybridized carbons (Fsp3) is 0.200. The Morgan fingerprint density at radius 3 is 2.62 bits per heavy atom. The monoisotopic (exact) mass is 238 g/mol. The summed E-state index contributed by atoms with van der Waals surface area (Å²) in [5.41, 5.74) is 1.36. The Kier molecular flexibility index (Phi) is 2.51. The molecule has 0 aliphatic rings. The van der Waals surface area contributed by atoms with Crippen molar-refractivity contribution < 1.29 is 13.2 Å². The molecule has 2 aromatic rings. The van der Waals surface area contributed by atoms with Gasteiger partial charge >= 0.3 is 0 Å². The van der Waals surface area contributed by atoms with E-state index in [-0.39, 0.29) is 5.82 Å². The largest absolute Gasteiger partial charge is 0.341 e. The number of aldehydes is 1. The Balaban J connectivity index is 2.59. The molecule has 0 saturated carbocycles. The van der Waals surface area contributed by atoms with Crippen LogP contribution in [0.3, 0.4) is 0 Å². The molecule has 0 spiro atoms. The zero-order valence-electron chi connectivity index (χ0n) is 8.54. The SMILES string of the molecule is CS(=O)(=O)C(C=O)c1nc2ccccc2[nH]1. The average molecular weight is 238 g/mol. The predicted molar refractivity (Wildman–Crippen MR) is 59.7 cm³/mol. The Bertz CT molecular complexity index is 597. The molecule has 1 aromatic carbocycles. The minimum atomic E-state index is -3.48. The number of carbonyl (C=O) groups excluding carboxylic acids is 1. The number of para-hydroxylation sites is 2. The summed E-state index contributed by atoms with van der Waals surface area (Å²) in [4.78, 5) is 17.7. The molecule has 6 heteroatoms. The van der Waals surface area contributed by atoms with Crippen molar-refractivity contribution in [1.82, 2.24) is 9.97 Å². The predicted octanol–water partition coefficient (Wildman–Crippen LogP) is 0.847. The second-order valence-electron chi connectivity index (χ2n) is 3.53. The molecule has 0 bridgehead atoms. The van der Waals surface area contributed by atoms with Gasteiger partial charge in [0.15, 0.2) is 15.1 Å². The third kappa shape index (κ3) is 1.83. The first-order valence-electron chi connectivity index (χ1n) is 4.61. The first-order chi connectivity index (χ1) is 7.52. The van der Waals surface area contributed by atoms with Gasteiger partial charge in [-0.3, -0.25) is 0 Å². The summed E-state index contributed by atoms with van der Waals surface area (Å²) < 4.78 is 22.7. The van der Waals surface area contributed by atoms with Crippen molar-refractivity contribution in [3.63, 3.8) is 0 Å². The van der Waals surface area contributed by atoms with Gasteiger partial charge in [0.25, 0.3) is 0 Å². The molecule has 0 saturated heterocycles. The van der Waals surface area contributed by atoms with E-state index in [4.69, 9.17) is 0 Å². The van der Waals surface area contributed by atoms with Crippen molar-refractivity contribution in [2.45, 2.75) is 5.25 Å². The highest BCUT2D eigenvalue weighted by Crippen LogP contribution is 2.19. The van der Waals surface area contributed by atoms with Gasteiger partial charge in [-0.25, -0.2) is 13.4 Å². The Morgan fingerprint density at radius 1 is 1.38 bits per heavy atom. The normalized spacial score (nSPS) is 13.8. The average Bonchev–Trinajstić information content (AvgIpc) is 2.59. The number of hydrogen-bond donors (Lipinski definition) is 1. The molecule has 2 rings (SSSR count). The lowest BCUT2D eigenvalue weighted by atomic mass is 10.3. The van der Waals surface area contributed by atoms with Crippen LogP contribution in [0.25, 0.3) is 11.0 Å². The van der Waals surface area contributed by atoms with Crippen LogP contribution in [-0.2, 0) is 14.6 Å². The van der Waals surface area contributed by atoms with Crippen molar-refractivity contribution >= 4 is 27.2 Å². The zero-order valence-corrected chi connectivity index (χ0v) is 9.36. The van der Waals surface area contributed by atoms with Crippen LogP contribution in [0.4, 0.5) is 0 Å². The Hall–Kier alpha value is -1.69. The van der Waals surface area contributed by atoms with Crippen LogP contribution >= 0.6 is 0 Å². The summed E-state index contributed by atoms with van der Waals surface area (Å²) >= 11 is 0. The van der Waals surface area contributed by atoms with E-state index in [0.29, 0.717) is 17.3 Å². The summed E-state index contributed by atoms with van der Waals surface area (Å²) in [7, 11) is -3.48. The van der Waals surface area contributed by atoms with Crippen molar-refractivity contribution in [1.29, 1.82) is 0 Å². The van der Waals surface area contributed by atoms with Crippen LogP contribution in [0.1, 0.15) is 11.1 Å². The van der Waals surface area contributed by atoms with Crippen LogP contribution in [0.5, 0.6) is 0 Å². The highest BCUT2D eigenvalue weighted by Gasteiger charge is 2.25. The fourth-order valence-corrected chi connectivity index (χ4v) is 2.19. The summed E-state index contributed by atoms with van der Waals surface area (Å²) in [5, 5.41) is -1.22. The Labute approximate surface area is 92.4 Å². The molecule has 16 heavy (non-hydrogen) atoms. The smallest absolute Gasteiger partial charge is 0.174 e. The lowest BCUT2D eigenvalue weighted by Gasteiger charge is -2.02. The van der Waals surface area contributed by atoms with E-state index >= 15 is 0 Å². The summed E-state index contributed by atoms with van der Waals surface area (Å²) in [6.07, 6.45) is 1.40. The number of nitrogens with zero attached hydrogens (tertiary/aromatic N) is 1. The van der Waals surface area contributed by atoms with Gasteiger partial charge in [-0.2, -0.15) is 0 Å². The van der Waals surface area contributed by atoms with Crippen LogP contribution in [-0.4, -0.2) is 30.9 Å². The first kappa shape index (κ1) is 10.8. The topological polar surface area (TPSA) is 79.9 Å². The number of sulfone groups is 1. The van der Waals surface area contributed by atoms with Crippen LogP contribution in [0, 0.1) is 0 Å². The molecule has 1 aromatic heterocycles. The van der Waals surface area contributed by atoms with Crippen molar-refractivity contribution in [2.75, 3.05) is 6.26 Å². The number of hydrogen-bond acceptors (Lipinski definition) is 4. The van der Waals surface area contributed by atoms with Gasteiger partial charge in [0, 0.05) is 6.26 Å². The standard InChI is InChI=1S/C10H10N2O3S/c1-16(14,15)9(6-13)10-11-7-4-2-3-5-8(7)12-10/h2-6,9H,1H3,(H,11,12). The molecule has 1 heterocycles. The molecule has 5 nitrogen and oxygen atoms in total. The number of aromatic amines is 1. The summed E-state index contributed by atoms with van der Waals surface area (Å²) in [6.45, 7) is 0. The lowest BCUT2D eigenvalue weighted by Crippen LogP contribution is -2.14. The number of fused-ring (bicyclic) bond motifs is 1. The fourth-order valence-electron chi connectivity index (χ4n) is 1.48. The molecular formula is C10H10N2O3S. The molecule has 84 valence electrons. The summed E-state index contributed by atoms with van der Waals surface area (Å²) in [5.74, 6) is 0.165. The minimum absolute atomic E-state index is 0.165. The number of aromatic nitrogens is 2. The van der Waals surface area contributed by atoms with E-state index in [2.05, 4.69) is 9.97 Å². The Morgan fingerprint density at radius 2 is 2.06 bits per heavy atom. The minimum Gasteiger partial charge on any atom is -0.341 e. The maximum Gasteiger partial charge on any atom is 0.174 e. The van der Waals surface area contributed by atoms with Gasteiger partial charge in [-0.05, 0) is 12.1 Å². The summed E-state index contributed by atoms with van der Waals surface area (Å²) in [6, 6.07) is 7.12. The van der Waals surface area contributed by atoms with Crippen LogP contribution < -0.4 is 0 Å². The first-order valence-corrected chi connectivity index (χ1v) is 6.56. The molecule has 1 atom stereocenters. The quantitative estimate of drug-likeness (QED) is 0.804. The van der Waals surface area contributed by atoms with Gasteiger partial charge in [0.05, 0.1) is 11.0 Å². The number of imidazole rings is 1. The zero-order chi connectivity index (χ0) is 11.8. The third-order valence-corrected chi connectivity index (χ3v) is 3.52. The van der Waals surface area contributed by atoms with Gasteiger partial charge in [0.1, 0.15) is 12.1 Å². The molecule has 0 aliphatic carbocycles. The van der Waals surface area contributed by atoms with Crippen molar-refractivity contribution in [2.24, 2.45) is 0 Å². The van der Waals surface area contributed by atoms with E-state index in [1.807, 2.05) is 0 Å². The maximum atomic E-state index is 11.3. The van der Waals surface area contributed by atoms with E-state index in [9.17, 15) is 13.2 Å².